The van der Waals surface area contributed by atoms with Gasteiger partial charge in [0.15, 0.2) is 5.09 Å². The van der Waals surface area contributed by atoms with E-state index in [1.807, 2.05) is 0 Å². The molecule has 0 saturated heterocycles. The summed E-state index contributed by atoms with van der Waals surface area (Å²) in [6.07, 6.45) is 0. The highest BCUT2D eigenvalue weighted by Crippen LogP contribution is 2.04. The lowest BCUT2D eigenvalue weighted by Gasteiger charge is -1.76. The summed E-state index contributed by atoms with van der Waals surface area (Å²) in [5, 5.41) is 0.356. The predicted molar refractivity (Wildman–Crippen MR) is 31.3 cm³/mol. The third kappa shape index (κ3) is 0.790. The number of oxazole rings is 1. The van der Waals surface area contributed by atoms with Gasteiger partial charge in [-0.3, -0.25) is 4.98 Å². The molecule has 0 aliphatic rings. The average Bonchev–Trinajstić information content (AvgIpc) is 1.85. The highest BCUT2D eigenvalue weighted by atomic mass is 32.1. The van der Waals surface area contributed by atoms with Crippen molar-refractivity contribution in [3.63, 3.8) is 0 Å². The Labute approximate surface area is 51.1 Å². The summed E-state index contributed by atoms with van der Waals surface area (Å²) in [6.45, 7) is 1.72. The second-order valence-electron chi connectivity index (χ2n) is 1.44. The van der Waals surface area contributed by atoms with Crippen LogP contribution in [-0.2, 0) is 0 Å². The number of thiol groups is 1. The SMILES string of the molecule is Cc1[nH]c(=O)oc1S. The van der Waals surface area contributed by atoms with Gasteiger partial charge in [0.25, 0.3) is 0 Å². The lowest BCUT2D eigenvalue weighted by molar-refractivity contribution is 0.435. The van der Waals surface area contributed by atoms with Gasteiger partial charge < -0.3 is 4.42 Å². The first-order valence-corrected chi connectivity index (χ1v) is 2.53. The molecule has 0 bridgehead atoms. The van der Waals surface area contributed by atoms with E-state index in [2.05, 4.69) is 22.0 Å². The first-order chi connectivity index (χ1) is 3.70. The average molecular weight is 131 g/mol. The molecule has 1 rings (SSSR count). The van der Waals surface area contributed by atoms with Crippen LogP contribution in [0.1, 0.15) is 5.69 Å². The lowest BCUT2D eigenvalue weighted by Crippen LogP contribution is -1.93. The van der Waals surface area contributed by atoms with Crippen LogP contribution in [-0.4, -0.2) is 4.98 Å². The molecular formula is C4H5NO2S. The van der Waals surface area contributed by atoms with Crippen molar-refractivity contribution in [3.8, 4) is 0 Å². The number of hydrogen-bond donors (Lipinski definition) is 2. The van der Waals surface area contributed by atoms with Gasteiger partial charge in [-0.2, -0.15) is 0 Å². The summed E-state index contributed by atoms with van der Waals surface area (Å²) >= 11 is 3.82. The molecule has 0 atom stereocenters. The molecule has 0 aromatic carbocycles. The Morgan fingerprint density at radius 2 is 2.38 bits per heavy atom. The van der Waals surface area contributed by atoms with E-state index in [1.165, 1.54) is 0 Å². The smallest absolute Gasteiger partial charge is 0.401 e. The molecule has 1 N–H and O–H groups in total. The number of nitrogens with one attached hydrogen (secondary N) is 1. The molecular weight excluding hydrogens is 126 g/mol. The zero-order valence-corrected chi connectivity index (χ0v) is 5.16. The maximum atomic E-state index is 10.2. The second-order valence-corrected chi connectivity index (χ2v) is 1.85. The van der Waals surface area contributed by atoms with Gasteiger partial charge in [-0.1, -0.05) is 0 Å². The van der Waals surface area contributed by atoms with E-state index in [-0.39, 0.29) is 0 Å². The molecule has 0 unspecified atom stereocenters. The summed E-state index contributed by atoms with van der Waals surface area (Å²) in [5.74, 6) is -0.451. The quantitative estimate of drug-likeness (QED) is 0.505. The van der Waals surface area contributed by atoms with Gasteiger partial charge in [0, 0.05) is 0 Å². The van der Waals surface area contributed by atoms with Crippen molar-refractivity contribution < 1.29 is 4.42 Å². The Bertz CT molecular complexity index is 214. The maximum absolute atomic E-state index is 10.2. The number of aromatic nitrogens is 1. The Kier molecular flexibility index (Phi) is 1.17. The van der Waals surface area contributed by atoms with E-state index in [1.54, 1.807) is 6.92 Å². The fourth-order valence-electron chi connectivity index (χ4n) is 0.396. The topological polar surface area (TPSA) is 46.0 Å². The Morgan fingerprint density at radius 1 is 1.75 bits per heavy atom. The number of H-pyrrole nitrogens is 1. The van der Waals surface area contributed by atoms with Crippen LogP contribution in [0.5, 0.6) is 0 Å². The molecule has 0 saturated carbocycles. The molecule has 0 aliphatic carbocycles. The van der Waals surface area contributed by atoms with Crippen molar-refractivity contribution in [3.05, 3.63) is 16.2 Å². The van der Waals surface area contributed by atoms with E-state index >= 15 is 0 Å². The predicted octanol–water partition coefficient (Wildman–Crippen LogP) is 0.565. The molecule has 0 spiro atoms. The number of aromatic amines is 1. The summed E-state index contributed by atoms with van der Waals surface area (Å²) in [4.78, 5) is 12.6. The van der Waals surface area contributed by atoms with Crippen molar-refractivity contribution in [1.29, 1.82) is 0 Å². The van der Waals surface area contributed by atoms with Gasteiger partial charge in [-0.15, -0.1) is 12.6 Å². The van der Waals surface area contributed by atoms with Crippen LogP contribution in [0.3, 0.4) is 0 Å². The number of rotatable bonds is 0. The molecule has 0 radical (unpaired) electrons. The largest absolute Gasteiger partial charge is 0.417 e. The molecule has 3 nitrogen and oxygen atoms in total. The van der Waals surface area contributed by atoms with E-state index in [9.17, 15) is 4.79 Å². The van der Waals surface area contributed by atoms with Gasteiger partial charge in [-0.25, -0.2) is 4.79 Å². The molecule has 1 aromatic heterocycles. The van der Waals surface area contributed by atoms with Gasteiger partial charge in [0.2, 0.25) is 0 Å². The maximum Gasteiger partial charge on any atom is 0.417 e. The van der Waals surface area contributed by atoms with Crippen molar-refractivity contribution >= 4 is 12.6 Å². The molecule has 1 heterocycles. The van der Waals surface area contributed by atoms with Crippen LogP contribution in [0.4, 0.5) is 0 Å². The van der Waals surface area contributed by atoms with Crippen LogP contribution in [0.15, 0.2) is 14.3 Å². The molecule has 0 amide bonds. The van der Waals surface area contributed by atoms with Crippen LogP contribution in [0.2, 0.25) is 0 Å². The minimum absolute atomic E-state index is 0.356. The molecule has 4 heteroatoms. The van der Waals surface area contributed by atoms with Crippen LogP contribution in [0, 0.1) is 6.92 Å². The summed E-state index contributed by atoms with van der Waals surface area (Å²) < 4.78 is 4.47. The van der Waals surface area contributed by atoms with E-state index in [4.69, 9.17) is 0 Å². The minimum atomic E-state index is -0.451. The summed E-state index contributed by atoms with van der Waals surface area (Å²) in [6, 6.07) is 0. The molecule has 0 aliphatic heterocycles. The summed E-state index contributed by atoms with van der Waals surface area (Å²) in [7, 11) is 0. The van der Waals surface area contributed by atoms with Gasteiger partial charge in [0.05, 0.1) is 5.69 Å². The standard InChI is InChI=1S/C4H5NO2S/c1-2-3(8)7-4(6)5-2/h8H,1H3,(H,5,6). The fraction of sp³-hybridized carbons (Fsp3) is 0.250. The Hall–Kier alpha value is -0.640. The van der Waals surface area contributed by atoms with Crippen molar-refractivity contribution in [2.45, 2.75) is 12.0 Å². The molecule has 8 heavy (non-hydrogen) atoms. The van der Waals surface area contributed by atoms with E-state index < -0.39 is 5.76 Å². The third-order valence-electron chi connectivity index (χ3n) is 0.800. The first-order valence-electron chi connectivity index (χ1n) is 2.09. The minimum Gasteiger partial charge on any atom is -0.401 e. The monoisotopic (exact) mass is 131 g/mol. The fourth-order valence-corrected chi connectivity index (χ4v) is 0.535. The highest BCUT2D eigenvalue weighted by Gasteiger charge is 1.96. The molecule has 1 aromatic rings. The highest BCUT2D eigenvalue weighted by molar-refractivity contribution is 7.80. The first kappa shape index (κ1) is 5.50. The van der Waals surface area contributed by atoms with Gasteiger partial charge >= 0.3 is 5.76 Å². The zero-order valence-electron chi connectivity index (χ0n) is 4.26. The van der Waals surface area contributed by atoms with Crippen molar-refractivity contribution in [1.82, 2.24) is 4.98 Å². The van der Waals surface area contributed by atoms with E-state index in [0.29, 0.717) is 10.8 Å². The normalized spacial score (nSPS) is 9.75. The number of hydrogen-bond acceptors (Lipinski definition) is 3. The second kappa shape index (κ2) is 1.70. The zero-order chi connectivity index (χ0) is 6.15. The van der Waals surface area contributed by atoms with E-state index in [0.717, 1.165) is 0 Å². The number of aryl methyl sites for hydroxylation is 1. The van der Waals surface area contributed by atoms with Crippen molar-refractivity contribution in [2.75, 3.05) is 0 Å². The molecule has 0 fully saturated rings. The van der Waals surface area contributed by atoms with Gasteiger partial charge in [-0.05, 0) is 6.92 Å². The summed E-state index contributed by atoms with van der Waals surface area (Å²) in [5.41, 5.74) is 0.665. The van der Waals surface area contributed by atoms with Crippen molar-refractivity contribution in [2.24, 2.45) is 0 Å². The third-order valence-corrected chi connectivity index (χ3v) is 1.23. The van der Waals surface area contributed by atoms with Gasteiger partial charge in [0.1, 0.15) is 0 Å². The van der Waals surface area contributed by atoms with Crippen LogP contribution >= 0.6 is 12.6 Å². The Morgan fingerprint density at radius 3 is 2.50 bits per heavy atom. The molecule has 44 valence electrons. The van der Waals surface area contributed by atoms with Crippen LogP contribution in [0.25, 0.3) is 0 Å². The lowest BCUT2D eigenvalue weighted by atomic mass is 10.6. The van der Waals surface area contributed by atoms with Crippen LogP contribution < -0.4 is 5.76 Å². The Balaban J connectivity index is 3.35.